The summed E-state index contributed by atoms with van der Waals surface area (Å²) >= 11 is 1.37. The lowest BCUT2D eigenvalue weighted by molar-refractivity contribution is 0.509. The van der Waals surface area contributed by atoms with E-state index < -0.39 is 11.6 Å². The third kappa shape index (κ3) is 1.90. The molecular weight excluding hydrogens is 230 g/mol. The van der Waals surface area contributed by atoms with E-state index in [2.05, 4.69) is 4.98 Å². The molecule has 0 bridgehead atoms. The number of anilines is 1. The van der Waals surface area contributed by atoms with Gasteiger partial charge in [0, 0.05) is 5.56 Å². The number of hydrogen-bond acceptors (Lipinski definition) is 3. The highest BCUT2D eigenvalue weighted by Crippen LogP contribution is 2.31. The number of nitrogen functional groups attached to an aromatic ring is 1. The van der Waals surface area contributed by atoms with Crippen molar-refractivity contribution in [3.8, 4) is 11.3 Å². The van der Waals surface area contributed by atoms with Gasteiger partial charge in [0.1, 0.15) is 10.7 Å². The van der Waals surface area contributed by atoms with Crippen LogP contribution in [-0.2, 0) is 6.42 Å². The van der Waals surface area contributed by atoms with Gasteiger partial charge in [-0.2, -0.15) is 0 Å². The molecule has 0 aliphatic heterocycles. The van der Waals surface area contributed by atoms with Gasteiger partial charge in [-0.25, -0.2) is 13.8 Å². The van der Waals surface area contributed by atoms with Gasteiger partial charge in [0.2, 0.25) is 0 Å². The Morgan fingerprint density at radius 1 is 1.31 bits per heavy atom. The second-order valence-corrected chi connectivity index (χ2v) is 4.42. The summed E-state index contributed by atoms with van der Waals surface area (Å²) in [6.45, 7) is 1.97. The first-order chi connectivity index (χ1) is 7.61. The van der Waals surface area contributed by atoms with Crippen LogP contribution < -0.4 is 5.73 Å². The van der Waals surface area contributed by atoms with Crippen LogP contribution in [0.15, 0.2) is 18.2 Å². The predicted octanol–water partition coefficient (Wildman–Crippen LogP) is 3.23. The fourth-order valence-electron chi connectivity index (χ4n) is 1.38. The van der Waals surface area contributed by atoms with Gasteiger partial charge in [0.05, 0.1) is 5.01 Å². The molecule has 1 aromatic carbocycles. The molecule has 2 aromatic rings. The van der Waals surface area contributed by atoms with Gasteiger partial charge in [-0.05, 0) is 24.6 Å². The molecular formula is C11H10F2N2S. The maximum Gasteiger partial charge on any atom is 0.159 e. The lowest BCUT2D eigenvalue weighted by Crippen LogP contribution is -1.89. The van der Waals surface area contributed by atoms with E-state index in [1.165, 1.54) is 17.4 Å². The Labute approximate surface area is 95.7 Å². The summed E-state index contributed by atoms with van der Waals surface area (Å²) in [6, 6.07) is 3.67. The molecule has 5 heteroatoms. The number of aromatic nitrogens is 1. The Balaban J connectivity index is 2.49. The number of nitrogens with two attached hydrogens (primary N) is 1. The number of hydrogen-bond donors (Lipinski definition) is 1. The van der Waals surface area contributed by atoms with Gasteiger partial charge >= 0.3 is 0 Å². The minimum absolute atomic E-state index is 0.507. The first kappa shape index (κ1) is 11.0. The van der Waals surface area contributed by atoms with Crippen LogP contribution >= 0.6 is 11.3 Å². The Morgan fingerprint density at radius 3 is 2.62 bits per heavy atom. The van der Waals surface area contributed by atoms with Crippen LogP contribution in [0, 0.1) is 11.6 Å². The second-order valence-electron chi connectivity index (χ2n) is 3.30. The third-order valence-electron chi connectivity index (χ3n) is 2.19. The topological polar surface area (TPSA) is 38.9 Å². The van der Waals surface area contributed by atoms with Crippen molar-refractivity contribution in [2.45, 2.75) is 13.3 Å². The molecule has 16 heavy (non-hydrogen) atoms. The Kier molecular flexibility index (Phi) is 2.87. The molecule has 0 radical (unpaired) electrons. The molecule has 0 spiro atoms. The quantitative estimate of drug-likeness (QED) is 0.875. The van der Waals surface area contributed by atoms with Gasteiger partial charge in [0.25, 0.3) is 0 Å². The molecule has 0 atom stereocenters. The molecule has 2 nitrogen and oxygen atoms in total. The lowest BCUT2D eigenvalue weighted by Gasteiger charge is -1.99. The van der Waals surface area contributed by atoms with Crippen molar-refractivity contribution in [1.82, 2.24) is 4.98 Å². The van der Waals surface area contributed by atoms with Crippen molar-refractivity contribution >= 4 is 16.3 Å². The molecule has 0 aliphatic rings. The molecule has 0 saturated carbocycles. The van der Waals surface area contributed by atoms with Gasteiger partial charge in [0.15, 0.2) is 11.6 Å². The number of halogens is 2. The largest absolute Gasteiger partial charge is 0.389 e. The number of rotatable bonds is 2. The Hall–Kier alpha value is -1.49. The van der Waals surface area contributed by atoms with E-state index in [4.69, 9.17) is 5.73 Å². The highest BCUT2D eigenvalue weighted by Gasteiger charge is 2.11. The molecule has 0 aliphatic carbocycles. The van der Waals surface area contributed by atoms with E-state index in [1.54, 1.807) is 0 Å². The normalized spacial score (nSPS) is 10.7. The molecule has 2 N–H and O–H groups in total. The monoisotopic (exact) mass is 240 g/mol. The summed E-state index contributed by atoms with van der Waals surface area (Å²) in [4.78, 5) is 4.27. The zero-order chi connectivity index (χ0) is 11.7. The van der Waals surface area contributed by atoms with E-state index in [9.17, 15) is 8.78 Å². The lowest BCUT2D eigenvalue weighted by atomic mass is 10.1. The van der Waals surface area contributed by atoms with Crippen molar-refractivity contribution in [2.75, 3.05) is 5.73 Å². The predicted molar refractivity (Wildman–Crippen MR) is 61.3 cm³/mol. The standard InChI is InChI=1S/C11H10F2N2S/c1-2-9-15-10(11(14)16-9)6-3-4-7(12)8(13)5-6/h3-5H,2,14H2,1H3. The maximum atomic E-state index is 13.0. The van der Waals surface area contributed by atoms with Crippen LogP contribution in [0.4, 0.5) is 13.8 Å². The molecule has 2 rings (SSSR count). The van der Waals surface area contributed by atoms with Crippen LogP contribution in [0.3, 0.4) is 0 Å². The van der Waals surface area contributed by atoms with Crippen molar-refractivity contribution in [3.05, 3.63) is 34.8 Å². The second kappa shape index (κ2) is 4.17. The van der Waals surface area contributed by atoms with Crippen molar-refractivity contribution in [3.63, 3.8) is 0 Å². The minimum Gasteiger partial charge on any atom is -0.389 e. The number of benzene rings is 1. The maximum absolute atomic E-state index is 13.0. The van der Waals surface area contributed by atoms with Gasteiger partial charge in [-0.1, -0.05) is 6.92 Å². The number of aryl methyl sites for hydroxylation is 1. The van der Waals surface area contributed by atoms with Crippen LogP contribution in [0.2, 0.25) is 0 Å². The van der Waals surface area contributed by atoms with Crippen molar-refractivity contribution < 1.29 is 8.78 Å². The van der Waals surface area contributed by atoms with Gasteiger partial charge in [-0.3, -0.25) is 0 Å². The Bertz CT molecular complexity index is 523. The van der Waals surface area contributed by atoms with Crippen molar-refractivity contribution in [1.29, 1.82) is 0 Å². The molecule has 0 unspecified atom stereocenters. The van der Waals surface area contributed by atoms with E-state index >= 15 is 0 Å². The SMILES string of the molecule is CCc1nc(-c2ccc(F)c(F)c2)c(N)s1. The van der Waals surface area contributed by atoms with Gasteiger partial charge in [-0.15, -0.1) is 11.3 Å². The summed E-state index contributed by atoms with van der Waals surface area (Å²) in [5, 5.41) is 1.42. The number of thiazole rings is 1. The summed E-state index contributed by atoms with van der Waals surface area (Å²) in [5.74, 6) is -1.75. The van der Waals surface area contributed by atoms with E-state index in [0.717, 1.165) is 23.6 Å². The Morgan fingerprint density at radius 2 is 2.06 bits per heavy atom. The molecule has 84 valence electrons. The van der Waals surface area contributed by atoms with E-state index in [1.807, 2.05) is 6.92 Å². The smallest absolute Gasteiger partial charge is 0.159 e. The van der Waals surface area contributed by atoms with Crippen LogP contribution in [0.25, 0.3) is 11.3 Å². The minimum atomic E-state index is -0.886. The molecule has 1 aromatic heterocycles. The van der Waals surface area contributed by atoms with E-state index in [-0.39, 0.29) is 0 Å². The average Bonchev–Trinajstić information content (AvgIpc) is 2.64. The van der Waals surface area contributed by atoms with Crippen LogP contribution in [0.5, 0.6) is 0 Å². The first-order valence-corrected chi connectivity index (χ1v) is 5.64. The van der Waals surface area contributed by atoms with Crippen LogP contribution in [-0.4, -0.2) is 4.98 Å². The summed E-state index contributed by atoms with van der Waals surface area (Å²) in [5.41, 5.74) is 6.81. The fraction of sp³-hybridized carbons (Fsp3) is 0.182. The molecule has 0 amide bonds. The highest BCUT2D eigenvalue weighted by atomic mass is 32.1. The highest BCUT2D eigenvalue weighted by molar-refractivity contribution is 7.16. The zero-order valence-corrected chi connectivity index (χ0v) is 9.44. The van der Waals surface area contributed by atoms with Crippen molar-refractivity contribution in [2.24, 2.45) is 0 Å². The molecule has 0 fully saturated rings. The average molecular weight is 240 g/mol. The molecule has 0 saturated heterocycles. The molecule has 1 heterocycles. The third-order valence-corrected chi connectivity index (χ3v) is 3.22. The summed E-state index contributed by atoms with van der Waals surface area (Å²) in [7, 11) is 0. The first-order valence-electron chi connectivity index (χ1n) is 4.82. The fourth-order valence-corrected chi connectivity index (χ4v) is 2.17. The van der Waals surface area contributed by atoms with Gasteiger partial charge < -0.3 is 5.73 Å². The zero-order valence-electron chi connectivity index (χ0n) is 8.63. The number of nitrogens with zero attached hydrogens (tertiary/aromatic N) is 1. The van der Waals surface area contributed by atoms with Crippen LogP contribution in [0.1, 0.15) is 11.9 Å². The van der Waals surface area contributed by atoms with E-state index in [0.29, 0.717) is 16.3 Å². The summed E-state index contributed by atoms with van der Waals surface area (Å²) in [6.07, 6.45) is 0.776. The summed E-state index contributed by atoms with van der Waals surface area (Å²) < 4.78 is 25.8.